The molecule has 1 heterocycles. The van der Waals surface area contributed by atoms with Crippen LogP contribution < -0.4 is 15.4 Å². The predicted molar refractivity (Wildman–Crippen MR) is 115 cm³/mol. The Labute approximate surface area is 176 Å². The summed E-state index contributed by atoms with van der Waals surface area (Å²) in [6.45, 7) is 3.29. The van der Waals surface area contributed by atoms with Gasteiger partial charge in [0.25, 0.3) is 11.8 Å². The van der Waals surface area contributed by atoms with Crippen LogP contribution in [0.25, 0.3) is 0 Å². The molecule has 6 heteroatoms. The number of nitrogens with one attached hydrogen (secondary N) is 2. The minimum Gasteiger partial charge on any atom is -0.489 e. The average molecular weight is 403 g/mol. The Morgan fingerprint density at radius 2 is 1.47 bits per heavy atom. The van der Waals surface area contributed by atoms with E-state index in [2.05, 4.69) is 15.6 Å². The molecule has 0 aliphatic heterocycles. The van der Waals surface area contributed by atoms with Gasteiger partial charge in [-0.15, -0.1) is 0 Å². The summed E-state index contributed by atoms with van der Waals surface area (Å²) in [5, 5.41) is 5.67. The number of rotatable bonds is 9. The maximum Gasteiger partial charge on any atom is 0.252 e. The third-order valence-corrected chi connectivity index (χ3v) is 4.46. The Balaban J connectivity index is 1.35. The van der Waals surface area contributed by atoms with E-state index in [4.69, 9.17) is 4.74 Å². The van der Waals surface area contributed by atoms with Crippen LogP contribution in [0.15, 0.2) is 72.9 Å². The van der Waals surface area contributed by atoms with Crippen molar-refractivity contribution in [3.8, 4) is 5.75 Å². The Bertz CT molecular complexity index is 955. The molecule has 0 atom stereocenters. The summed E-state index contributed by atoms with van der Waals surface area (Å²) in [5.74, 6) is 0.391. The fourth-order valence-corrected chi connectivity index (χ4v) is 2.74. The van der Waals surface area contributed by atoms with Crippen LogP contribution in [0.5, 0.6) is 5.75 Å². The van der Waals surface area contributed by atoms with Gasteiger partial charge in [0.2, 0.25) is 0 Å². The number of nitrogens with zero attached hydrogens (tertiary/aromatic N) is 1. The second-order valence-corrected chi connectivity index (χ2v) is 6.85. The Morgan fingerprint density at radius 3 is 2.10 bits per heavy atom. The van der Waals surface area contributed by atoms with Crippen molar-refractivity contribution in [3.63, 3.8) is 0 Å². The Hall–Kier alpha value is -3.67. The van der Waals surface area contributed by atoms with Crippen molar-refractivity contribution >= 4 is 11.8 Å². The first kappa shape index (κ1) is 21.0. The first-order valence-electron chi connectivity index (χ1n) is 9.87. The molecule has 0 aliphatic carbocycles. The molecular formula is C24H25N3O3. The number of pyridine rings is 1. The minimum absolute atomic E-state index is 0.154. The average Bonchev–Trinajstić information content (AvgIpc) is 2.78. The van der Waals surface area contributed by atoms with Crippen LogP contribution >= 0.6 is 0 Å². The highest BCUT2D eigenvalue weighted by Crippen LogP contribution is 2.14. The zero-order valence-electron chi connectivity index (χ0n) is 16.9. The molecule has 30 heavy (non-hydrogen) atoms. The zero-order valence-corrected chi connectivity index (χ0v) is 16.9. The molecular weight excluding hydrogens is 378 g/mol. The SMILES string of the molecule is Cc1ccc(C(=O)NCCCNC(=O)c2ccc(OCc3ccccc3)cc2)cn1. The number of carbonyl (C=O) groups excluding carboxylic acids is 2. The normalized spacial score (nSPS) is 10.3. The van der Waals surface area contributed by atoms with E-state index in [1.807, 2.05) is 37.3 Å². The highest BCUT2D eigenvalue weighted by atomic mass is 16.5. The van der Waals surface area contributed by atoms with Gasteiger partial charge >= 0.3 is 0 Å². The molecule has 0 spiro atoms. The number of amides is 2. The summed E-state index contributed by atoms with van der Waals surface area (Å²) in [5.41, 5.74) is 3.05. The number of ether oxygens (including phenoxy) is 1. The summed E-state index contributed by atoms with van der Waals surface area (Å²) in [7, 11) is 0. The van der Waals surface area contributed by atoms with Gasteiger partial charge in [-0.05, 0) is 55.3 Å². The highest BCUT2D eigenvalue weighted by molar-refractivity contribution is 5.94. The maximum atomic E-state index is 12.2. The summed E-state index contributed by atoms with van der Waals surface area (Å²) < 4.78 is 5.73. The van der Waals surface area contributed by atoms with Crippen LogP contribution in [0.3, 0.4) is 0 Å². The lowest BCUT2D eigenvalue weighted by Gasteiger charge is -2.09. The van der Waals surface area contributed by atoms with E-state index in [1.54, 1.807) is 42.6 Å². The topological polar surface area (TPSA) is 80.3 Å². The van der Waals surface area contributed by atoms with Gasteiger partial charge in [-0.25, -0.2) is 0 Å². The molecule has 154 valence electrons. The van der Waals surface area contributed by atoms with E-state index in [1.165, 1.54) is 0 Å². The number of carbonyl (C=O) groups is 2. The van der Waals surface area contributed by atoms with E-state index in [9.17, 15) is 9.59 Å². The van der Waals surface area contributed by atoms with Gasteiger partial charge in [-0.1, -0.05) is 30.3 Å². The number of aromatic nitrogens is 1. The molecule has 2 N–H and O–H groups in total. The van der Waals surface area contributed by atoms with Crippen LogP contribution in [0.1, 0.15) is 38.4 Å². The van der Waals surface area contributed by atoms with Gasteiger partial charge in [0.15, 0.2) is 0 Å². The van der Waals surface area contributed by atoms with Gasteiger partial charge in [0.05, 0.1) is 5.56 Å². The number of benzene rings is 2. The van der Waals surface area contributed by atoms with Gasteiger partial charge < -0.3 is 15.4 Å². The van der Waals surface area contributed by atoms with E-state index >= 15 is 0 Å². The molecule has 0 unspecified atom stereocenters. The van der Waals surface area contributed by atoms with Gasteiger partial charge in [-0.3, -0.25) is 14.6 Å². The molecule has 0 bridgehead atoms. The third kappa shape index (κ3) is 6.44. The van der Waals surface area contributed by atoms with E-state index < -0.39 is 0 Å². The lowest BCUT2D eigenvalue weighted by molar-refractivity contribution is 0.0951. The summed E-state index contributed by atoms with van der Waals surface area (Å²) >= 11 is 0. The number of hydrogen-bond acceptors (Lipinski definition) is 4. The third-order valence-electron chi connectivity index (χ3n) is 4.46. The molecule has 2 amide bonds. The van der Waals surface area contributed by atoms with Crippen molar-refractivity contribution in [3.05, 3.63) is 95.3 Å². The van der Waals surface area contributed by atoms with Crippen LogP contribution in [0.4, 0.5) is 0 Å². The zero-order chi connectivity index (χ0) is 21.2. The monoisotopic (exact) mass is 403 g/mol. The largest absolute Gasteiger partial charge is 0.489 e. The van der Waals surface area contributed by atoms with Gasteiger partial charge in [0, 0.05) is 30.5 Å². The highest BCUT2D eigenvalue weighted by Gasteiger charge is 2.07. The molecule has 2 aromatic carbocycles. The van der Waals surface area contributed by atoms with Crippen molar-refractivity contribution in [1.29, 1.82) is 0 Å². The second kappa shape index (κ2) is 10.8. The summed E-state index contributed by atoms with van der Waals surface area (Å²) in [4.78, 5) is 28.3. The number of aryl methyl sites for hydroxylation is 1. The van der Waals surface area contributed by atoms with Crippen LogP contribution in [0, 0.1) is 6.92 Å². The maximum absolute atomic E-state index is 12.2. The van der Waals surface area contributed by atoms with Crippen molar-refractivity contribution in [2.45, 2.75) is 20.0 Å². The first-order chi connectivity index (χ1) is 14.6. The molecule has 0 radical (unpaired) electrons. The fraction of sp³-hybridized carbons (Fsp3) is 0.208. The van der Waals surface area contributed by atoms with Crippen LogP contribution in [-0.4, -0.2) is 29.9 Å². The van der Waals surface area contributed by atoms with Crippen molar-refractivity contribution in [1.82, 2.24) is 15.6 Å². The summed E-state index contributed by atoms with van der Waals surface area (Å²) in [6, 6.07) is 20.5. The fourth-order valence-electron chi connectivity index (χ4n) is 2.74. The predicted octanol–water partition coefficient (Wildman–Crippen LogP) is 3.52. The lowest BCUT2D eigenvalue weighted by Crippen LogP contribution is -2.29. The van der Waals surface area contributed by atoms with E-state index in [0.29, 0.717) is 43.0 Å². The molecule has 0 fully saturated rings. The van der Waals surface area contributed by atoms with Crippen LogP contribution in [-0.2, 0) is 6.61 Å². The molecule has 3 rings (SSSR count). The van der Waals surface area contributed by atoms with Crippen molar-refractivity contribution in [2.75, 3.05) is 13.1 Å². The minimum atomic E-state index is -0.167. The quantitative estimate of drug-likeness (QED) is 0.536. The lowest BCUT2D eigenvalue weighted by atomic mass is 10.2. The van der Waals surface area contributed by atoms with E-state index in [0.717, 1.165) is 11.3 Å². The Kier molecular flexibility index (Phi) is 7.55. The van der Waals surface area contributed by atoms with Gasteiger partial charge in [0.1, 0.15) is 12.4 Å². The van der Waals surface area contributed by atoms with Gasteiger partial charge in [-0.2, -0.15) is 0 Å². The molecule has 0 saturated heterocycles. The molecule has 3 aromatic rings. The molecule has 6 nitrogen and oxygen atoms in total. The Morgan fingerprint density at radius 1 is 0.833 bits per heavy atom. The molecule has 1 aromatic heterocycles. The second-order valence-electron chi connectivity index (χ2n) is 6.85. The van der Waals surface area contributed by atoms with Crippen molar-refractivity contribution in [2.24, 2.45) is 0 Å². The van der Waals surface area contributed by atoms with Crippen LogP contribution in [0.2, 0.25) is 0 Å². The molecule has 0 saturated carbocycles. The van der Waals surface area contributed by atoms with Crippen molar-refractivity contribution < 1.29 is 14.3 Å². The van der Waals surface area contributed by atoms with E-state index in [-0.39, 0.29) is 11.8 Å². The first-order valence-corrected chi connectivity index (χ1v) is 9.87. The standard InChI is InChI=1S/C24H25N3O3/c1-18-8-9-21(16-27-18)24(29)26-15-5-14-25-23(28)20-10-12-22(13-11-20)30-17-19-6-3-2-4-7-19/h2-4,6-13,16H,5,14-15,17H2,1H3,(H,25,28)(H,26,29). The smallest absolute Gasteiger partial charge is 0.252 e. The number of hydrogen-bond donors (Lipinski definition) is 2. The molecule has 0 aliphatic rings. The summed E-state index contributed by atoms with van der Waals surface area (Å²) in [6.07, 6.45) is 2.19.